The zero-order chi connectivity index (χ0) is 15.4. The number of phenolic OH excluding ortho intramolecular Hbond substituents is 1. The number of hydrogen-bond donors (Lipinski definition) is 4. The molecule has 1 fully saturated rings. The molecule has 1 aliphatic rings. The zero-order valence-electron chi connectivity index (χ0n) is 11.9. The summed E-state index contributed by atoms with van der Waals surface area (Å²) in [7, 11) is 0. The second kappa shape index (κ2) is 6.47. The van der Waals surface area contributed by atoms with E-state index in [0.29, 0.717) is 5.92 Å². The molecule has 6 nitrogen and oxygen atoms in total. The van der Waals surface area contributed by atoms with Crippen LogP contribution in [0.5, 0.6) is 5.75 Å². The number of nitrogens with one attached hydrogen (secondary N) is 2. The van der Waals surface area contributed by atoms with Crippen molar-refractivity contribution in [2.75, 3.05) is 5.32 Å². The quantitative estimate of drug-likeness (QED) is 0.644. The smallest absolute Gasteiger partial charge is 0.337 e. The van der Waals surface area contributed by atoms with E-state index >= 15 is 0 Å². The van der Waals surface area contributed by atoms with Gasteiger partial charge >= 0.3 is 12.0 Å². The molecular formula is C15H20N2O4. The number of carboxylic acids is 1. The number of carbonyl (C=O) groups excluding carboxylic acids is 1. The fourth-order valence-electron chi connectivity index (χ4n) is 2.68. The molecule has 0 saturated heterocycles. The van der Waals surface area contributed by atoms with Gasteiger partial charge in [-0.05, 0) is 37.0 Å². The van der Waals surface area contributed by atoms with E-state index in [9.17, 15) is 14.7 Å². The molecule has 0 aromatic heterocycles. The van der Waals surface area contributed by atoms with Gasteiger partial charge in [0.25, 0.3) is 0 Å². The first kappa shape index (κ1) is 15.2. The van der Waals surface area contributed by atoms with Crippen LogP contribution < -0.4 is 10.6 Å². The Labute approximate surface area is 123 Å². The molecule has 4 N–H and O–H groups in total. The van der Waals surface area contributed by atoms with Crippen LogP contribution >= 0.6 is 0 Å². The third-order valence-corrected chi connectivity index (χ3v) is 3.91. The maximum absolute atomic E-state index is 12.0. The van der Waals surface area contributed by atoms with Gasteiger partial charge in [0, 0.05) is 6.04 Å². The van der Waals surface area contributed by atoms with Gasteiger partial charge in [-0.2, -0.15) is 0 Å². The SMILES string of the molecule is CC1CCCCC1NC(=O)Nc1ccc(O)cc1C(=O)O. The predicted octanol–water partition coefficient (Wildman–Crippen LogP) is 2.79. The Morgan fingerprint density at radius 1 is 1.24 bits per heavy atom. The molecular weight excluding hydrogens is 272 g/mol. The average Bonchev–Trinajstić information content (AvgIpc) is 2.43. The Kier molecular flexibility index (Phi) is 4.67. The molecule has 1 aromatic carbocycles. The molecule has 2 atom stereocenters. The van der Waals surface area contributed by atoms with E-state index in [1.807, 2.05) is 0 Å². The maximum Gasteiger partial charge on any atom is 0.337 e. The van der Waals surface area contributed by atoms with E-state index in [1.165, 1.54) is 18.6 Å². The molecule has 2 amide bonds. The van der Waals surface area contributed by atoms with Crippen molar-refractivity contribution >= 4 is 17.7 Å². The fourth-order valence-corrected chi connectivity index (χ4v) is 2.68. The highest BCUT2D eigenvalue weighted by Crippen LogP contribution is 2.24. The number of carbonyl (C=O) groups is 2. The van der Waals surface area contributed by atoms with Crippen LogP contribution in [0.25, 0.3) is 0 Å². The van der Waals surface area contributed by atoms with Crippen molar-refractivity contribution in [2.24, 2.45) is 5.92 Å². The molecule has 21 heavy (non-hydrogen) atoms. The third-order valence-electron chi connectivity index (χ3n) is 3.91. The number of anilines is 1. The van der Waals surface area contributed by atoms with E-state index in [0.717, 1.165) is 25.3 Å². The first-order valence-corrected chi connectivity index (χ1v) is 7.11. The van der Waals surface area contributed by atoms with Crippen molar-refractivity contribution in [2.45, 2.75) is 38.6 Å². The van der Waals surface area contributed by atoms with Gasteiger partial charge in [0.15, 0.2) is 0 Å². The molecule has 0 heterocycles. The number of aromatic carboxylic acids is 1. The molecule has 0 radical (unpaired) electrons. The van der Waals surface area contributed by atoms with E-state index in [-0.39, 0.29) is 23.0 Å². The van der Waals surface area contributed by atoms with E-state index in [2.05, 4.69) is 17.6 Å². The molecule has 6 heteroatoms. The minimum atomic E-state index is -1.20. The van der Waals surface area contributed by atoms with E-state index in [4.69, 9.17) is 5.11 Å². The first-order valence-electron chi connectivity index (χ1n) is 7.11. The lowest BCUT2D eigenvalue weighted by Gasteiger charge is -2.29. The number of phenols is 1. The minimum absolute atomic E-state index is 0.115. The second-order valence-corrected chi connectivity index (χ2v) is 5.50. The standard InChI is InChI=1S/C15H20N2O4/c1-9-4-2-3-5-12(9)16-15(21)17-13-7-6-10(18)8-11(13)14(19)20/h6-9,12,18H,2-5H2,1H3,(H,19,20)(H2,16,17,21). The first-order chi connectivity index (χ1) is 9.97. The lowest BCUT2D eigenvalue weighted by Crippen LogP contribution is -2.43. The van der Waals surface area contributed by atoms with Gasteiger partial charge < -0.3 is 20.8 Å². The van der Waals surface area contributed by atoms with Crippen LogP contribution in [0.15, 0.2) is 18.2 Å². The lowest BCUT2D eigenvalue weighted by atomic mass is 9.86. The molecule has 1 aliphatic carbocycles. The number of hydrogen-bond acceptors (Lipinski definition) is 3. The van der Waals surface area contributed by atoms with Crippen LogP contribution in [0.2, 0.25) is 0 Å². The Morgan fingerprint density at radius 2 is 1.95 bits per heavy atom. The van der Waals surface area contributed by atoms with E-state index < -0.39 is 12.0 Å². The summed E-state index contributed by atoms with van der Waals surface area (Å²) in [5, 5.41) is 23.8. The van der Waals surface area contributed by atoms with Gasteiger partial charge in [-0.25, -0.2) is 9.59 Å². The summed E-state index contributed by atoms with van der Waals surface area (Å²) in [6, 6.07) is 3.53. The molecule has 2 unspecified atom stereocenters. The number of carboxylic acid groups (broad SMARTS) is 1. The molecule has 114 valence electrons. The number of aromatic hydroxyl groups is 1. The summed E-state index contributed by atoms with van der Waals surface area (Å²) in [6.07, 6.45) is 4.30. The van der Waals surface area contributed by atoms with Crippen LogP contribution in [0.4, 0.5) is 10.5 Å². The molecule has 0 aliphatic heterocycles. The minimum Gasteiger partial charge on any atom is -0.508 e. The molecule has 2 rings (SSSR count). The normalized spacial score (nSPS) is 21.6. The predicted molar refractivity (Wildman–Crippen MR) is 78.6 cm³/mol. The highest BCUT2D eigenvalue weighted by molar-refractivity contribution is 6.00. The van der Waals surface area contributed by atoms with Crippen LogP contribution in [-0.2, 0) is 0 Å². The van der Waals surface area contributed by atoms with Crippen LogP contribution in [0.3, 0.4) is 0 Å². The summed E-state index contributed by atoms with van der Waals surface area (Å²) in [4.78, 5) is 23.1. The molecule has 1 saturated carbocycles. The van der Waals surface area contributed by atoms with Crippen molar-refractivity contribution < 1.29 is 19.8 Å². The summed E-state index contributed by atoms with van der Waals surface area (Å²) in [5.41, 5.74) is 0.0307. The summed E-state index contributed by atoms with van der Waals surface area (Å²) in [6.45, 7) is 2.10. The van der Waals surface area contributed by atoms with Crippen LogP contribution in [0.1, 0.15) is 43.0 Å². The zero-order valence-corrected chi connectivity index (χ0v) is 11.9. The molecule has 1 aromatic rings. The average molecular weight is 292 g/mol. The number of amides is 2. The van der Waals surface area contributed by atoms with Gasteiger partial charge in [-0.3, -0.25) is 0 Å². The monoisotopic (exact) mass is 292 g/mol. The highest BCUT2D eigenvalue weighted by atomic mass is 16.4. The van der Waals surface area contributed by atoms with Gasteiger partial charge in [0.1, 0.15) is 5.75 Å². The van der Waals surface area contributed by atoms with Gasteiger partial charge in [0.2, 0.25) is 0 Å². The van der Waals surface area contributed by atoms with Gasteiger partial charge in [-0.15, -0.1) is 0 Å². The Bertz CT molecular complexity index is 544. The topological polar surface area (TPSA) is 98.7 Å². The number of benzene rings is 1. The maximum atomic E-state index is 12.0. The Morgan fingerprint density at radius 3 is 2.62 bits per heavy atom. The van der Waals surface area contributed by atoms with Crippen molar-refractivity contribution in [3.8, 4) is 5.75 Å². The fraction of sp³-hybridized carbons (Fsp3) is 0.467. The third kappa shape index (κ3) is 3.87. The largest absolute Gasteiger partial charge is 0.508 e. The highest BCUT2D eigenvalue weighted by Gasteiger charge is 2.23. The van der Waals surface area contributed by atoms with Gasteiger partial charge in [-0.1, -0.05) is 19.8 Å². The molecule has 0 spiro atoms. The second-order valence-electron chi connectivity index (χ2n) is 5.50. The summed E-state index contributed by atoms with van der Waals surface area (Å²) >= 11 is 0. The van der Waals surface area contributed by atoms with Crippen LogP contribution in [0, 0.1) is 5.92 Å². The lowest BCUT2D eigenvalue weighted by molar-refractivity contribution is 0.0697. The van der Waals surface area contributed by atoms with E-state index in [1.54, 1.807) is 0 Å². The molecule has 0 bridgehead atoms. The van der Waals surface area contributed by atoms with Crippen molar-refractivity contribution in [1.29, 1.82) is 0 Å². The number of rotatable bonds is 3. The Hall–Kier alpha value is -2.24. The Balaban J connectivity index is 2.04. The summed E-state index contributed by atoms with van der Waals surface area (Å²) in [5.74, 6) is -0.935. The summed E-state index contributed by atoms with van der Waals surface area (Å²) < 4.78 is 0. The van der Waals surface area contributed by atoms with Crippen molar-refractivity contribution in [3.63, 3.8) is 0 Å². The van der Waals surface area contributed by atoms with Crippen LogP contribution in [-0.4, -0.2) is 28.3 Å². The van der Waals surface area contributed by atoms with Crippen molar-refractivity contribution in [3.05, 3.63) is 23.8 Å². The number of urea groups is 1. The van der Waals surface area contributed by atoms with Crippen molar-refractivity contribution in [1.82, 2.24) is 5.32 Å². The van der Waals surface area contributed by atoms with Gasteiger partial charge in [0.05, 0.1) is 11.3 Å².